The molecule has 138 valence electrons. The molecule has 0 aliphatic rings. The van der Waals surface area contributed by atoms with Crippen molar-refractivity contribution >= 4 is 29.1 Å². The van der Waals surface area contributed by atoms with E-state index < -0.39 is 11.6 Å². The standard InChI is InChI=1S/C20H16F2N2O2S/c1-12-5-6-27-19(12)20(25)24-18-7-13(11-23-26-2)3-4-17(18)14-8-15(21)10-16(22)9-14/h3-11H,1-2H3,(H,24,25). The third-order valence-electron chi connectivity index (χ3n) is 3.84. The van der Waals surface area contributed by atoms with Gasteiger partial charge in [-0.2, -0.15) is 0 Å². The van der Waals surface area contributed by atoms with Crippen LogP contribution in [-0.2, 0) is 4.84 Å². The van der Waals surface area contributed by atoms with Crippen molar-refractivity contribution in [2.75, 3.05) is 12.4 Å². The SMILES string of the molecule is CON=Cc1ccc(-c2cc(F)cc(F)c2)c(NC(=O)c2sccc2C)c1. The largest absolute Gasteiger partial charge is 0.399 e. The molecule has 0 atom stereocenters. The number of aryl methyl sites for hydroxylation is 1. The number of nitrogens with zero attached hydrogens (tertiary/aromatic N) is 1. The summed E-state index contributed by atoms with van der Waals surface area (Å²) in [6.45, 7) is 1.84. The summed E-state index contributed by atoms with van der Waals surface area (Å²) in [5.74, 6) is -1.68. The number of hydrogen-bond acceptors (Lipinski definition) is 4. The Hall–Kier alpha value is -3.06. The lowest BCUT2D eigenvalue weighted by Gasteiger charge is -2.13. The van der Waals surface area contributed by atoms with E-state index in [1.807, 2.05) is 18.4 Å². The average molecular weight is 386 g/mol. The maximum atomic E-state index is 13.7. The van der Waals surface area contributed by atoms with Crippen LogP contribution in [0, 0.1) is 18.6 Å². The van der Waals surface area contributed by atoms with E-state index in [0.29, 0.717) is 27.3 Å². The molecule has 0 saturated heterocycles. The van der Waals surface area contributed by atoms with Crippen LogP contribution in [0.1, 0.15) is 20.8 Å². The summed E-state index contributed by atoms with van der Waals surface area (Å²) in [6.07, 6.45) is 1.47. The topological polar surface area (TPSA) is 50.7 Å². The van der Waals surface area contributed by atoms with Gasteiger partial charge in [0.2, 0.25) is 0 Å². The Labute approximate surface area is 159 Å². The molecule has 0 aliphatic heterocycles. The molecule has 1 amide bonds. The molecule has 3 aromatic rings. The number of halogens is 2. The van der Waals surface area contributed by atoms with Gasteiger partial charge in [-0.05, 0) is 53.3 Å². The molecule has 2 aromatic carbocycles. The summed E-state index contributed by atoms with van der Waals surface area (Å²) in [5.41, 5.74) is 2.74. The minimum Gasteiger partial charge on any atom is -0.399 e. The van der Waals surface area contributed by atoms with Gasteiger partial charge in [-0.15, -0.1) is 11.3 Å². The van der Waals surface area contributed by atoms with Gasteiger partial charge in [0, 0.05) is 17.3 Å². The van der Waals surface area contributed by atoms with Gasteiger partial charge >= 0.3 is 0 Å². The van der Waals surface area contributed by atoms with Gasteiger partial charge in [0.15, 0.2) is 0 Å². The molecular weight excluding hydrogens is 370 g/mol. The maximum Gasteiger partial charge on any atom is 0.266 e. The van der Waals surface area contributed by atoms with Crippen LogP contribution in [-0.4, -0.2) is 19.2 Å². The Morgan fingerprint density at radius 2 is 1.89 bits per heavy atom. The second-order valence-electron chi connectivity index (χ2n) is 5.77. The number of amides is 1. The van der Waals surface area contributed by atoms with Crippen molar-refractivity contribution in [3.05, 3.63) is 75.5 Å². The monoisotopic (exact) mass is 386 g/mol. The zero-order valence-electron chi connectivity index (χ0n) is 14.6. The van der Waals surface area contributed by atoms with Gasteiger partial charge in [0.05, 0.1) is 11.1 Å². The minimum atomic E-state index is -0.693. The van der Waals surface area contributed by atoms with Crippen LogP contribution in [0.4, 0.5) is 14.5 Å². The van der Waals surface area contributed by atoms with Crippen LogP contribution < -0.4 is 5.32 Å². The number of benzene rings is 2. The summed E-state index contributed by atoms with van der Waals surface area (Å²) in [5, 5.41) is 8.36. The van der Waals surface area contributed by atoms with Crippen molar-refractivity contribution in [1.82, 2.24) is 0 Å². The highest BCUT2D eigenvalue weighted by Gasteiger charge is 2.15. The highest BCUT2D eigenvalue weighted by atomic mass is 32.1. The normalized spacial score (nSPS) is 11.0. The molecule has 0 fully saturated rings. The van der Waals surface area contributed by atoms with Crippen molar-refractivity contribution in [1.29, 1.82) is 0 Å². The van der Waals surface area contributed by atoms with Crippen molar-refractivity contribution in [2.45, 2.75) is 6.92 Å². The third kappa shape index (κ3) is 4.38. The molecule has 4 nitrogen and oxygen atoms in total. The Bertz CT molecular complexity index is 995. The van der Waals surface area contributed by atoms with Crippen LogP contribution in [0.15, 0.2) is 53.0 Å². The smallest absolute Gasteiger partial charge is 0.266 e. The summed E-state index contributed by atoms with van der Waals surface area (Å²) in [7, 11) is 1.42. The lowest BCUT2D eigenvalue weighted by atomic mass is 10.0. The molecule has 1 N–H and O–H groups in total. The highest BCUT2D eigenvalue weighted by molar-refractivity contribution is 7.12. The van der Waals surface area contributed by atoms with E-state index in [9.17, 15) is 13.6 Å². The lowest BCUT2D eigenvalue weighted by molar-refractivity contribution is 0.103. The first-order valence-corrected chi connectivity index (χ1v) is 8.88. The number of thiophene rings is 1. The average Bonchev–Trinajstić information content (AvgIpc) is 3.05. The second-order valence-corrected chi connectivity index (χ2v) is 6.68. The quantitative estimate of drug-likeness (QED) is 0.482. The number of rotatable bonds is 5. The van der Waals surface area contributed by atoms with E-state index in [4.69, 9.17) is 0 Å². The van der Waals surface area contributed by atoms with Crippen molar-refractivity contribution in [3.8, 4) is 11.1 Å². The summed E-state index contributed by atoms with van der Waals surface area (Å²) in [4.78, 5) is 17.9. The molecule has 3 rings (SSSR count). The van der Waals surface area contributed by atoms with Crippen LogP contribution >= 0.6 is 11.3 Å². The second kappa shape index (κ2) is 8.09. The van der Waals surface area contributed by atoms with Gasteiger partial charge in [-0.1, -0.05) is 17.3 Å². The fourth-order valence-corrected chi connectivity index (χ4v) is 3.42. The minimum absolute atomic E-state index is 0.290. The molecule has 0 unspecified atom stereocenters. The van der Waals surface area contributed by atoms with E-state index in [2.05, 4.69) is 15.3 Å². The first-order valence-electron chi connectivity index (χ1n) is 8.00. The molecule has 7 heteroatoms. The summed E-state index contributed by atoms with van der Waals surface area (Å²) in [6, 6.07) is 10.1. The predicted molar refractivity (Wildman–Crippen MR) is 103 cm³/mol. The Balaban J connectivity index is 2.06. The number of nitrogens with one attached hydrogen (secondary N) is 1. The number of carbonyl (C=O) groups is 1. The molecule has 0 radical (unpaired) electrons. The molecule has 0 spiro atoms. The Kier molecular flexibility index (Phi) is 5.61. The van der Waals surface area contributed by atoms with E-state index in [1.54, 1.807) is 18.2 Å². The molecule has 0 saturated carbocycles. The van der Waals surface area contributed by atoms with Crippen molar-refractivity contribution in [3.63, 3.8) is 0 Å². The first kappa shape index (κ1) is 18.7. The van der Waals surface area contributed by atoms with Gasteiger partial charge in [0.1, 0.15) is 18.7 Å². The lowest BCUT2D eigenvalue weighted by Crippen LogP contribution is -2.12. The molecule has 0 aliphatic carbocycles. The maximum absolute atomic E-state index is 13.7. The van der Waals surface area contributed by atoms with E-state index in [0.717, 1.165) is 11.6 Å². The Morgan fingerprint density at radius 3 is 2.52 bits per heavy atom. The van der Waals surface area contributed by atoms with Gasteiger partial charge < -0.3 is 10.2 Å². The van der Waals surface area contributed by atoms with Crippen LogP contribution in [0.5, 0.6) is 0 Å². The van der Waals surface area contributed by atoms with Gasteiger partial charge in [0.25, 0.3) is 5.91 Å². The fraction of sp³-hybridized carbons (Fsp3) is 0.100. The molecule has 0 bridgehead atoms. The molecular formula is C20H16F2N2O2S. The van der Waals surface area contributed by atoms with Crippen molar-refractivity contribution < 1.29 is 18.4 Å². The van der Waals surface area contributed by atoms with Crippen LogP contribution in [0.25, 0.3) is 11.1 Å². The first-order chi connectivity index (χ1) is 13.0. The summed E-state index contributed by atoms with van der Waals surface area (Å²) < 4.78 is 27.3. The fourth-order valence-electron chi connectivity index (χ4n) is 2.60. The molecule has 27 heavy (non-hydrogen) atoms. The molecule has 1 aromatic heterocycles. The number of carbonyl (C=O) groups excluding carboxylic acids is 1. The summed E-state index contributed by atoms with van der Waals surface area (Å²) >= 11 is 1.32. The van der Waals surface area contributed by atoms with Gasteiger partial charge in [-0.3, -0.25) is 4.79 Å². The molecule has 1 heterocycles. The number of anilines is 1. The number of oxime groups is 1. The van der Waals surface area contributed by atoms with E-state index in [1.165, 1.54) is 36.8 Å². The van der Waals surface area contributed by atoms with E-state index >= 15 is 0 Å². The highest BCUT2D eigenvalue weighted by Crippen LogP contribution is 2.31. The predicted octanol–water partition coefficient (Wildman–Crippen LogP) is 5.23. The zero-order chi connectivity index (χ0) is 19.4. The van der Waals surface area contributed by atoms with Gasteiger partial charge in [-0.25, -0.2) is 8.78 Å². The Morgan fingerprint density at radius 1 is 1.15 bits per heavy atom. The zero-order valence-corrected chi connectivity index (χ0v) is 15.4. The van der Waals surface area contributed by atoms with E-state index in [-0.39, 0.29) is 5.91 Å². The third-order valence-corrected chi connectivity index (χ3v) is 4.86. The number of hydrogen-bond donors (Lipinski definition) is 1. The van der Waals surface area contributed by atoms with Crippen LogP contribution in [0.2, 0.25) is 0 Å². The van der Waals surface area contributed by atoms with Crippen LogP contribution in [0.3, 0.4) is 0 Å². The van der Waals surface area contributed by atoms with Crippen molar-refractivity contribution in [2.24, 2.45) is 5.16 Å².